The number of ether oxygens (including phenoxy) is 1. The van der Waals surface area contributed by atoms with Crippen LogP contribution < -0.4 is 5.32 Å². The molecule has 152 valence electrons. The average Bonchev–Trinajstić information content (AvgIpc) is 2.68. The number of carbonyl (C=O) groups is 1. The van der Waals surface area contributed by atoms with Crippen molar-refractivity contribution in [3.63, 3.8) is 0 Å². The van der Waals surface area contributed by atoms with E-state index < -0.39 is 0 Å². The second-order valence-electron chi connectivity index (χ2n) is 7.84. The van der Waals surface area contributed by atoms with Crippen molar-refractivity contribution in [2.75, 3.05) is 26.3 Å². The first-order valence-electron chi connectivity index (χ1n) is 9.92. The Balaban J connectivity index is 1.81. The third-order valence-electron chi connectivity index (χ3n) is 5.09. The summed E-state index contributed by atoms with van der Waals surface area (Å²) in [5.74, 6) is 0.832. The van der Waals surface area contributed by atoms with Crippen LogP contribution in [0.1, 0.15) is 39.9 Å². The number of nitrogens with one attached hydrogen (secondary N) is 1. The number of morpholine rings is 1. The van der Waals surface area contributed by atoms with E-state index in [2.05, 4.69) is 17.1 Å². The zero-order chi connectivity index (χ0) is 20.1. The SMILES string of the molecule is CCC(C)(C)NC(=O)C(C)Sc1nc(CN2CCOCC2)nc2ccccc12. The summed E-state index contributed by atoms with van der Waals surface area (Å²) in [6.07, 6.45) is 0.885. The molecule has 1 aromatic carbocycles. The summed E-state index contributed by atoms with van der Waals surface area (Å²) in [6, 6.07) is 8.01. The molecule has 6 nitrogen and oxygen atoms in total. The normalized spacial score (nSPS) is 16.9. The van der Waals surface area contributed by atoms with Gasteiger partial charge in [0.25, 0.3) is 0 Å². The summed E-state index contributed by atoms with van der Waals surface area (Å²) in [7, 11) is 0. The highest BCUT2D eigenvalue weighted by Gasteiger charge is 2.24. The van der Waals surface area contributed by atoms with Crippen LogP contribution in [-0.2, 0) is 16.1 Å². The molecule has 1 aliphatic heterocycles. The van der Waals surface area contributed by atoms with Crippen LogP contribution in [0.5, 0.6) is 0 Å². The number of rotatable bonds is 7. The van der Waals surface area contributed by atoms with Crippen molar-refractivity contribution < 1.29 is 9.53 Å². The largest absolute Gasteiger partial charge is 0.379 e. The van der Waals surface area contributed by atoms with E-state index in [1.54, 1.807) is 0 Å². The number of para-hydroxylation sites is 1. The second-order valence-corrected chi connectivity index (χ2v) is 9.17. The van der Waals surface area contributed by atoms with Crippen molar-refractivity contribution in [2.45, 2.75) is 56.5 Å². The molecule has 2 heterocycles. The van der Waals surface area contributed by atoms with Gasteiger partial charge in [0.1, 0.15) is 10.9 Å². The number of benzene rings is 1. The van der Waals surface area contributed by atoms with E-state index in [0.717, 1.165) is 54.5 Å². The van der Waals surface area contributed by atoms with E-state index in [1.165, 1.54) is 11.8 Å². The quantitative estimate of drug-likeness (QED) is 0.566. The summed E-state index contributed by atoms with van der Waals surface area (Å²) < 4.78 is 5.43. The van der Waals surface area contributed by atoms with Crippen molar-refractivity contribution in [1.82, 2.24) is 20.2 Å². The predicted molar refractivity (Wildman–Crippen MR) is 113 cm³/mol. The van der Waals surface area contributed by atoms with Gasteiger partial charge in [0, 0.05) is 24.0 Å². The number of amides is 1. The number of hydrogen-bond donors (Lipinski definition) is 1. The van der Waals surface area contributed by atoms with Crippen LogP contribution in [0, 0.1) is 0 Å². The lowest BCUT2D eigenvalue weighted by Crippen LogP contribution is -2.46. The molecule has 1 atom stereocenters. The smallest absolute Gasteiger partial charge is 0.233 e. The average molecular weight is 403 g/mol. The van der Waals surface area contributed by atoms with Crippen LogP contribution in [0.4, 0.5) is 0 Å². The fourth-order valence-electron chi connectivity index (χ4n) is 2.96. The Bertz CT molecular complexity index is 821. The lowest BCUT2D eigenvalue weighted by Gasteiger charge is -2.27. The van der Waals surface area contributed by atoms with E-state index in [-0.39, 0.29) is 16.7 Å². The maximum Gasteiger partial charge on any atom is 0.233 e. The summed E-state index contributed by atoms with van der Waals surface area (Å²) in [5, 5.41) is 4.75. The molecular weight excluding hydrogens is 372 g/mol. The molecule has 0 aliphatic carbocycles. The third kappa shape index (κ3) is 5.43. The Morgan fingerprint density at radius 2 is 2.00 bits per heavy atom. The van der Waals surface area contributed by atoms with Crippen LogP contribution >= 0.6 is 11.8 Å². The fraction of sp³-hybridized carbons (Fsp3) is 0.571. The molecule has 3 rings (SSSR count). The molecule has 1 aliphatic rings. The number of nitrogens with zero attached hydrogens (tertiary/aromatic N) is 3. The van der Waals surface area contributed by atoms with Crippen LogP contribution in [-0.4, -0.2) is 57.9 Å². The number of hydrogen-bond acceptors (Lipinski definition) is 6. The Morgan fingerprint density at radius 1 is 1.29 bits per heavy atom. The van der Waals surface area contributed by atoms with Gasteiger partial charge < -0.3 is 10.1 Å². The topological polar surface area (TPSA) is 67.4 Å². The molecule has 2 aromatic rings. The minimum Gasteiger partial charge on any atom is -0.379 e. The lowest BCUT2D eigenvalue weighted by molar-refractivity contribution is -0.121. The molecule has 1 amide bonds. The van der Waals surface area contributed by atoms with Crippen molar-refractivity contribution in [1.29, 1.82) is 0 Å². The van der Waals surface area contributed by atoms with Crippen molar-refractivity contribution >= 4 is 28.6 Å². The van der Waals surface area contributed by atoms with Crippen LogP contribution in [0.3, 0.4) is 0 Å². The van der Waals surface area contributed by atoms with Crippen molar-refractivity contribution in [3.05, 3.63) is 30.1 Å². The monoisotopic (exact) mass is 402 g/mol. The Morgan fingerprint density at radius 3 is 2.71 bits per heavy atom. The number of aromatic nitrogens is 2. The summed E-state index contributed by atoms with van der Waals surface area (Å²) in [5.41, 5.74) is 0.714. The molecule has 1 aromatic heterocycles. The number of fused-ring (bicyclic) bond motifs is 1. The second kappa shape index (κ2) is 9.20. The molecule has 1 unspecified atom stereocenters. The van der Waals surface area contributed by atoms with Crippen molar-refractivity contribution in [2.24, 2.45) is 0 Å². The van der Waals surface area contributed by atoms with E-state index in [1.807, 2.05) is 45.0 Å². The molecule has 0 saturated carbocycles. The molecular formula is C21H30N4O2S. The highest BCUT2D eigenvalue weighted by molar-refractivity contribution is 8.00. The van der Waals surface area contributed by atoms with Crippen LogP contribution in [0.15, 0.2) is 29.3 Å². The summed E-state index contributed by atoms with van der Waals surface area (Å²) in [6.45, 7) is 12.1. The van der Waals surface area contributed by atoms with E-state index in [9.17, 15) is 4.79 Å². The molecule has 0 spiro atoms. The van der Waals surface area contributed by atoms with E-state index >= 15 is 0 Å². The van der Waals surface area contributed by atoms with Gasteiger partial charge in [0.15, 0.2) is 0 Å². The van der Waals surface area contributed by atoms with Gasteiger partial charge in [0.05, 0.1) is 30.5 Å². The summed E-state index contributed by atoms with van der Waals surface area (Å²) in [4.78, 5) is 24.5. The third-order valence-corrected chi connectivity index (χ3v) is 6.19. The van der Waals surface area contributed by atoms with Gasteiger partial charge in [0.2, 0.25) is 5.91 Å². The Hall–Kier alpha value is -1.70. The van der Waals surface area contributed by atoms with Crippen molar-refractivity contribution in [3.8, 4) is 0 Å². The van der Waals surface area contributed by atoms with Gasteiger partial charge in [-0.25, -0.2) is 9.97 Å². The maximum atomic E-state index is 12.7. The molecule has 7 heteroatoms. The zero-order valence-electron chi connectivity index (χ0n) is 17.2. The van der Waals surface area contributed by atoms with Gasteiger partial charge in [-0.3, -0.25) is 9.69 Å². The first kappa shape index (κ1) is 21.0. The molecule has 0 radical (unpaired) electrons. The first-order chi connectivity index (χ1) is 13.4. The molecule has 0 bridgehead atoms. The molecule has 1 saturated heterocycles. The summed E-state index contributed by atoms with van der Waals surface area (Å²) >= 11 is 1.50. The minimum atomic E-state index is -0.236. The van der Waals surface area contributed by atoms with Gasteiger partial charge in [-0.15, -0.1) is 0 Å². The highest BCUT2D eigenvalue weighted by atomic mass is 32.2. The molecule has 1 N–H and O–H groups in total. The van der Waals surface area contributed by atoms with Gasteiger partial charge in [-0.05, 0) is 33.3 Å². The van der Waals surface area contributed by atoms with Gasteiger partial charge in [-0.1, -0.05) is 36.9 Å². The molecule has 1 fully saturated rings. The van der Waals surface area contributed by atoms with Gasteiger partial charge >= 0.3 is 0 Å². The zero-order valence-corrected chi connectivity index (χ0v) is 18.0. The lowest BCUT2D eigenvalue weighted by atomic mass is 10.0. The molecule has 28 heavy (non-hydrogen) atoms. The van der Waals surface area contributed by atoms with Crippen LogP contribution in [0.2, 0.25) is 0 Å². The number of thioether (sulfide) groups is 1. The number of carbonyl (C=O) groups excluding carboxylic acids is 1. The fourth-order valence-corrected chi connectivity index (χ4v) is 3.92. The van der Waals surface area contributed by atoms with E-state index in [0.29, 0.717) is 6.54 Å². The first-order valence-corrected chi connectivity index (χ1v) is 10.8. The highest BCUT2D eigenvalue weighted by Crippen LogP contribution is 2.29. The maximum absolute atomic E-state index is 12.7. The Labute approximate surface area is 171 Å². The standard InChI is InChI=1S/C21H30N4O2S/c1-5-21(3,4)24-19(26)15(2)28-20-16-8-6-7-9-17(16)22-18(23-20)14-25-10-12-27-13-11-25/h6-9,15H,5,10-14H2,1-4H3,(H,24,26). The minimum absolute atomic E-state index is 0.0364. The van der Waals surface area contributed by atoms with E-state index in [4.69, 9.17) is 14.7 Å². The van der Waals surface area contributed by atoms with Crippen LogP contribution in [0.25, 0.3) is 10.9 Å². The van der Waals surface area contributed by atoms with Gasteiger partial charge in [-0.2, -0.15) is 0 Å². The Kier molecular flexibility index (Phi) is 6.91. The predicted octanol–water partition coefficient (Wildman–Crippen LogP) is 3.25.